The first-order chi connectivity index (χ1) is 16.1. The van der Waals surface area contributed by atoms with Crippen molar-refractivity contribution in [2.24, 2.45) is 0 Å². The van der Waals surface area contributed by atoms with E-state index in [1.54, 1.807) is 30.3 Å². The highest BCUT2D eigenvalue weighted by Gasteiger charge is 2.30. The lowest BCUT2D eigenvalue weighted by atomic mass is 10.2. The van der Waals surface area contributed by atoms with Crippen molar-refractivity contribution < 1.29 is 21.6 Å². The zero-order valence-electron chi connectivity index (χ0n) is 17.0. The summed E-state index contributed by atoms with van der Waals surface area (Å²) in [6.07, 6.45) is -4.61. The molecule has 2 aromatic heterocycles. The number of anilines is 1. The first-order valence-corrected chi connectivity index (χ1v) is 11.3. The van der Waals surface area contributed by atoms with E-state index in [2.05, 4.69) is 19.8 Å². The smallest absolute Gasteiger partial charge is 0.305 e. The molecule has 8 nitrogen and oxygen atoms in total. The molecule has 0 radical (unpaired) electrons. The second kappa shape index (κ2) is 7.70. The fourth-order valence-corrected chi connectivity index (χ4v) is 4.58. The zero-order chi connectivity index (χ0) is 24.1. The molecule has 0 bridgehead atoms. The Kier molecular flexibility index (Phi) is 4.90. The van der Waals surface area contributed by atoms with Gasteiger partial charge in [0.1, 0.15) is 0 Å². The van der Waals surface area contributed by atoms with Gasteiger partial charge in [-0.05, 0) is 42.5 Å². The fraction of sp³-hybridized carbons (Fsp3) is 0.0455. The molecule has 3 aromatic carbocycles. The highest BCUT2D eigenvalue weighted by molar-refractivity contribution is 7.92. The van der Waals surface area contributed by atoms with E-state index in [9.17, 15) is 26.4 Å². The SMILES string of the molecule is O=c1[nH]c2ccccc2c2nc(-c3cccc(S(=O)(=O)Nc4cccc(C(F)(F)F)c4)c3)nn12. The lowest BCUT2D eigenvalue weighted by molar-refractivity contribution is -0.137. The maximum Gasteiger partial charge on any atom is 0.416 e. The third kappa shape index (κ3) is 3.88. The molecule has 0 atom stereocenters. The third-order valence-electron chi connectivity index (χ3n) is 5.05. The first-order valence-electron chi connectivity index (χ1n) is 9.80. The number of hydrogen-bond donors (Lipinski definition) is 2. The molecule has 12 heteroatoms. The standard InChI is InChI=1S/C22H14F3N5O3S/c23-22(24,25)14-6-4-7-15(12-14)29-34(32,33)16-8-3-5-13(11-16)19-27-20-17-9-1-2-10-18(17)26-21(31)30(20)28-19/h1-12,29H,(H,26,31). The van der Waals surface area contributed by atoms with Gasteiger partial charge in [0.25, 0.3) is 10.0 Å². The van der Waals surface area contributed by atoms with Crippen molar-refractivity contribution in [3.63, 3.8) is 0 Å². The van der Waals surface area contributed by atoms with E-state index >= 15 is 0 Å². The van der Waals surface area contributed by atoms with Gasteiger partial charge in [0.15, 0.2) is 11.5 Å². The summed E-state index contributed by atoms with van der Waals surface area (Å²) in [5.41, 5.74) is -0.552. The van der Waals surface area contributed by atoms with Crippen LogP contribution in [0.5, 0.6) is 0 Å². The molecule has 0 aliphatic carbocycles. The Balaban J connectivity index is 1.54. The number of hydrogen-bond acceptors (Lipinski definition) is 5. The number of H-pyrrole nitrogens is 1. The van der Waals surface area contributed by atoms with Crippen molar-refractivity contribution in [1.82, 2.24) is 19.6 Å². The van der Waals surface area contributed by atoms with Gasteiger partial charge in [-0.1, -0.05) is 30.3 Å². The minimum Gasteiger partial charge on any atom is -0.305 e. The molecule has 34 heavy (non-hydrogen) atoms. The molecule has 5 aromatic rings. The molecule has 172 valence electrons. The second-order valence-electron chi connectivity index (χ2n) is 7.36. The van der Waals surface area contributed by atoms with Crippen molar-refractivity contribution in [1.29, 1.82) is 0 Å². The Morgan fingerprint density at radius 2 is 1.71 bits per heavy atom. The van der Waals surface area contributed by atoms with E-state index in [-0.39, 0.29) is 16.4 Å². The number of aromatic amines is 1. The van der Waals surface area contributed by atoms with Gasteiger partial charge < -0.3 is 4.98 Å². The summed E-state index contributed by atoms with van der Waals surface area (Å²) in [5, 5.41) is 4.85. The van der Waals surface area contributed by atoms with Crippen LogP contribution in [0.25, 0.3) is 27.9 Å². The van der Waals surface area contributed by atoms with Crippen molar-refractivity contribution in [3.8, 4) is 11.4 Å². The summed E-state index contributed by atoms with van der Waals surface area (Å²) in [6.45, 7) is 0. The number of para-hydroxylation sites is 1. The van der Waals surface area contributed by atoms with Crippen LogP contribution >= 0.6 is 0 Å². The minimum absolute atomic E-state index is 0.109. The average molecular weight is 485 g/mol. The average Bonchev–Trinajstić information content (AvgIpc) is 3.25. The topological polar surface area (TPSA) is 109 Å². The number of aromatic nitrogens is 4. The van der Waals surface area contributed by atoms with Crippen LogP contribution in [0, 0.1) is 0 Å². The van der Waals surface area contributed by atoms with Crippen LogP contribution in [-0.2, 0) is 16.2 Å². The van der Waals surface area contributed by atoms with Crippen LogP contribution in [0.15, 0.2) is 82.5 Å². The Morgan fingerprint density at radius 1 is 0.941 bits per heavy atom. The van der Waals surface area contributed by atoms with E-state index in [0.29, 0.717) is 28.2 Å². The summed E-state index contributed by atoms with van der Waals surface area (Å²) < 4.78 is 67.8. The van der Waals surface area contributed by atoms with Gasteiger partial charge in [-0.2, -0.15) is 17.7 Å². The number of halogens is 3. The van der Waals surface area contributed by atoms with Gasteiger partial charge in [0.05, 0.1) is 16.0 Å². The summed E-state index contributed by atoms with van der Waals surface area (Å²) in [4.78, 5) is 19.3. The number of sulfonamides is 1. The summed E-state index contributed by atoms with van der Waals surface area (Å²) in [5.74, 6) is 0.109. The number of nitrogens with one attached hydrogen (secondary N) is 2. The number of benzene rings is 3. The summed E-state index contributed by atoms with van der Waals surface area (Å²) in [7, 11) is -4.23. The molecule has 5 rings (SSSR count). The van der Waals surface area contributed by atoms with Gasteiger partial charge in [-0.25, -0.2) is 18.2 Å². The van der Waals surface area contributed by atoms with Crippen molar-refractivity contribution in [2.75, 3.05) is 4.72 Å². The minimum atomic E-state index is -4.61. The molecular weight excluding hydrogens is 471 g/mol. The van der Waals surface area contributed by atoms with Crippen molar-refractivity contribution >= 4 is 32.3 Å². The molecular formula is C22H14F3N5O3S. The van der Waals surface area contributed by atoms with Gasteiger partial charge in [0, 0.05) is 16.6 Å². The molecule has 0 spiro atoms. The van der Waals surface area contributed by atoms with E-state index < -0.39 is 27.5 Å². The van der Waals surface area contributed by atoms with E-state index in [1.807, 2.05) is 0 Å². The van der Waals surface area contributed by atoms with Crippen molar-refractivity contribution in [2.45, 2.75) is 11.1 Å². The number of rotatable bonds is 4. The Hall–Kier alpha value is -4.19. The van der Waals surface area contributed by atoms with Crippen LogP contribution in [-0.4, -0.2) is 28.0 Å². The molecule has 0 saturated heterocycles. The van der Waals surface area contributed by atoms with Crippen LogP contribution in [0.2, 0.25) is 0 Å². The highest BCUT2D eigenvalue weighted by atomic mass is 32.2. The summed E-state index contributed by atoms with van der Waals surface area (Å²) >= 11 is 0. The first kappa shape index (κ1) is 21.6. The maximum absolute atomic E-state index is 13.0. The van der Waals surface area contributed by atoms with Crippen LogP contribution in [0.3, 0.4) is 0 Å². The molecule has 0 fully saturated rings. The predicted octanol–water partition coefficient (Wildman–Crippen LogP) is 4.06. The molecule has 0 aliphatic heterocycles. The Morgan fingerprint density at radius 3 is 2.50 bits per heavy atom. The maximum atomic E-state index is 13.0. The van der Waals surface area contributed by atoms with Crippen LogP contribution < -0.4 is 10.4 Å². The molecule has 0 aliphatic rings. The lowest BCUT2D eigenvalue weighted by Crippen LogP contribution is -2.17. The van der Waals surface area contributed by atoms with E-state index in [0.717, 1.165) is 16.6 Å². The third-order valence-corrected chi connectivity index (χ3v) is 6.43. The molecule has 0 unspecified atom stereocenters. The number of alkyl halides is 3. The van der Waals surface area contributed by atoms with Gasteiger partial charge >= 0.3 is 11.9 Å². The van der Waals surface area contributed by atoms with E-state index in [1.165, 1.54) is 24.3 Å². The molecule has 0 amide bonds. The largest absolute Gasteiger partial charge is 0.416 e. The lowest BCUT2D eigenvalue weighted by Gasteiger charge is -2.11. The summed E-state index contributed by atoms with van der Waals surface area (Å²) in [6, 6.07) is 16.5. The normalized spacial score (nSPS) is 12.3. The fourth-order valence-electron chi connectivity index (χ4n) is 3.48. The van der Waals surface area contributed by atoms with Crippen LogP contribution in [0.4, 0.5) is 18.9 Å². The molecule has 2 N–H and O–H groups in total. The monoisotopic (exact) mass is 485 g/mol. The van der Waals surface area contributed by atoms with Gasteiger partial charge in [-0.3, -0.25) is 4.72 Å². The highest BCUT2D eigenvalue weighted by Crippen LogP contribution is 2.31. The Bertz CT molecular complexity index is 1730. The van der Waals surface area contributed by atoms with Gasteiger partial charge in [-0.15, -0.1) is 5.10 Å². The zero-order valence-corrected chi connectivity index (χ0v) is 17.9. The van der Waals surface area contributed by atoms with Crippen LogP contribution in [0.1, 0.15) is 5.56 Å². The number of nitrogens with zero attached hydrogens (tertiary/aromatic N) is 3. The molecule has 0 saturated carbocycles. The van der Waals surface area contributed by atoms with E-state index in [4.69, 9.17) is 0 Å². The Labute approximate surface area is 189 Å². The predicted molar refractivity (Wildman–Crippen MR) is 119 cm³/mol. The van der Waals surface area contributed by atoms with Gasteiger partial charge in [0.2, 0.25) is 0 Å². The number of fused-ring (bicyclic) bond motifs is 3. The molecule has 2 heterocycles. The second-order valence-corrected chi connectivity index (χ2v) is 9.04. The van der Waals surface area contributed by atoms with Crippen molar-refractivity contribution in [3.05, 3.63) is 88.8 Å². The quantitative estimate of drug-likeness (QED) is 0.399.